The number of rotatable bonds is 3. The van der Waals surface area contributed by atoms with Crippen molar-refractivity contribution in [1.29, 1.82) is 0 Å². The van der Waals surface area contributed by atoms with Crippen molar-refractivity contribution in [3.8, 4) is 0 Å². The van der Waals surface area contributed by atoms with E-state index in [4.69, 9.17) is 9.15 Å². The van der Waals surface area contributed by atoms with Crippen molar-refractivity contribution < 1.29 is 17.6 Å². The van der Waals surface area contributed by atoms with E-state index >= 15 is 0 Å². The van der Waals surface area contributed by atoms with E-state index in [1.54, 1.807) is 13.0 Å². The molecule has 1 aliphatic heterocycles. The molecule has 0 spiro atoms. The molecule has 132 valence electrons. The summed E-state index contributed by atoms with van der Waals surface area (Å²) in [5, 5.41) is 7.71. The minimum atomic E-state index is -3.55. The summed E-state index contributed by atoms with van der Waals surface area (Å²) in [6.07, 6.45) is -0.531. The highest BCUT2D eigenvalue weighted by Crippen LogP contribution is 2.34. The molecule has 0 unspecified atom stereocenters. The average Bonchev–Trinajstić information content (AvgIpc) is 3.16. The van der Waals surface area contributed by atoms with Gasteiger partial charge in [-0.2, -0.15) is 4.31 Å². The van der Waals surface area contributed by atoms with Crippen LogP contribution in [0.25, 0.3) is 0 Å². The largest absolute Gasteiger partial charge is 0.423 e. The number of nitrogens with zero attached hydrogens (tertiary/aromatic N) is 3. The number of hydrogen-bond donors (Lipinski definition) is 0. The van der Waals surface area contributed by atoms with Gasteiger partial charge in [0, 0.05) is 24.9 Å². The van der Waals surface area contributed by atoms with E-state index in [1.807, 2.05) is 6.07 Å². The Balaban J connectivity index is 1.83. The lowest BCUT2D eigenvalue weighted by atomic mass is 9.95. The van der Waals surface area contributed by atoms with Crippen molar-refractivity contribution in [2.45, 2.75) is 43.4 Å². The molecule has 2 aromatic heterocycles. The lowest BCUT2D eigenvalue weighted by molar-refractivity contribution is -0.0176. The molecular formula is C15H21N3O4S2. The first-order valence-corrected chi connectivity index (χ1v) is 9.95. The molecule has 0 radical (unpaired) electrons. The molecule has 7 nitrogen and oxygen atoms in total. The van der Waals surface area contributed by atoms with Crippen LogP contribution in [-0.4, -0.2) is 42.6 Å². The van der Waals surface area contributed by atoms with Gasteiger partial charge >= 0.3 is 0 Å². The summed E-state index contributed by atoms with van der Waals surface area (Å²) in [7, 11) is -3.55. The summed E-state index contributed by atoms with van der Waals surface area (Å²) in [6, 6.07) is 3.57. The molecule has 0 N–H and O–H groups in total. The van der Waals surface area contributed by atoms with Gasteiger partial charge in [0.1, 0.15) is 10.3 Å². The van der Waals surface area contributed by atoms with Crippen LogP contribution in [0.15, 0.2) is 20.8 Å². The number of ether oxygens (including phenoxy) is 1. The maximum Gasteiger partial charge on any atom is 0.252 e. The van der Waals surface area contributed by atoms with Crippen molar-refractivity contribution >= 4 is 21.4 Å². The highest BCUT2D eigenvalue weighted by atomic mass is 32.2. The topological polar surface area (TPSA) is 85.5 Å². The molecule has 0 aliphatic carbocycles. The first-order valence-electron chi connectivity index (χ1n) is 7.70. The van der Waals surface area contributed by atoms with E-state index in [9.17, 15) is 8.42 Å². The van der Waals surface area contributed by atoms with Gasteiger partial charge in [0.15, 0.2) is 0 Å². The van der Waals surface area contributed by atoms with Crippen molar-refractivity contribution in [2.24, 2.45) is 0 Å². The van der Waals surface area contributed by atoms with E-state index in [1.165, 1.54) is 15.6 Å². The molecule has 1 saturated heterocycles. The number of hydrogen-bond acceptors (Lipinski definition) is 7. The molecule has 0 saturated carbocycles. The molecule has 3 rings (SSSR count). The summed E-state index contributed by atoms with van der Waals surface area (Å²) in [4.78, 5) is 1.04. The minimum Gasteiger partial charge on any atom is -0.423 e. The van der Waals surface area contributed by atoms with Gasteiger partial charge < -0.3 is 9.15 Å². The molecule has 3 heterocycles. The smallest absolute Gasteiger partial charge is 0.252 e. The van der Waals surface area contributed by atoms with Gasteiger partial charge in [0.05, 0.1) is 6.61 Å². The van der Waals surface area contributed by atoms with Crippen molar-refractivity contribution in [2.75, 3.05) is 19.7 Å². The quantitative estimate of drug-likeness (QED) is 0.824. The molecular weight excluding hydrogens is 350 g/mol. The normalized spacial score (nSPS) is 20.4. The van der Waals surface area contributed by atoms with Crippen molar-refractivity contribution in [3.63, 3.8) is 0 Å². The standard InChI is InChI=1S/C15H21N3O4S2/c1-10-16-17-14(22-10)11-9-18(7-8-21-11)24(19,20)13-6-5-12(23-13)15(2,3)4/h5-6,11H,7-9H2,1-4H3/t11-/m1/s1. The predicted octanol–water partition coefficient (Wildman–Crippen LogP) is 2.50. The fraction of sp³-hybridized carbons (Fsp3) is 0.600. The number of morpholine rings is 1. The highest BCUT2D eigenvalue weighted by molar-refractivity contribution is 7.91. The molecule has 2 aromatic rings. The van der Waals surface area contributed by atoms with Gasteiger partial charge in [-0.1, -0.05) is 20.8 Å². The van der Waals surface area contributed by atoms with Crippen LogP contribution in [-0.2, 0) is 20.2 Å². The minimum absolute atomic E-state index is 0.0761. The maximum atomic E-state index is 12.9. The van der Waals surface area contributed by atoms with Gasteiger partial charge in [-0.25, -0.2) is 8.42 Å². The van der Waals surface area contributed by atoms with Crippen molar-refractivity contribution in [3.05, 3.63) is 28.8 Å². The van der Waals surface area contributed by atoms with Crippen LogP contribution < -0.4 is 0 Å². The number of aryl methyl sites for hydroxylation is 1. The summed E-state index contributed by atoms with van der Waals surface area (Å²) in [5.41, 5.74) is -0.0761. The third kappa shape index (κ3) is 3.39. The Bertz CT molecular complexity index is 820. The van der Waals surface area contributed by atoms with E-state index < -0.39 is 16.1 Å². The average molecular weight is 371 g/mol. The Labute approximate surface area is 145 Å². The van der Waals surface area contributed by atoms with Gasteiger partial charge in [0.25, 0.3) is 10.0 Å². The van der Waals surface area contributed by atoms with Gasteiger partial charge in [-0.3, -0.25) is 0 Å². The first kappa shape index (κ1) is 17.5. The number of thiophene rings is 1. The van der Waals surface area contributed by atoms with E-state index in [0.717, 1.165) is 4.88 Å². The van der Waals surface area contributed by atoms with Crippen LogP contribution in [0.1, 0.15) is 43.5 Å². The summed E-state index contributed by atoms with van der Waals surface area (Å²) < 4.78 is 38.6. The molecule has 9 heteroatoms. The van der Waals surface area contributed by atoms with Crippen molar-refractivity contribution in [1.82, 2.24) is 14.5 Å². The number of sulfonamides is 1. The van der Waals surface area contributed by atoms with Crippen LogP contribution in [0.4, 0.5) is 0 Å². The van der Waals surface area contributed by atoms with Gasteiger partial charge in [-0.15, -0.1) is 21.5 Å². The van der Waals surface area contributed by atoms with E-state index in [-0.39, 0.29) is 12.0 Å². The van der Waals surface area contributed by atoms with E-state index in [2.05, 4.69) is 31.0 Å². The fourth-order valence-electron chi connectivity index (χ4n) is 2.42. The molecule has 0 aromatic carbocycles. The second kappa shape index (κ2) is 6.21. The monoisotopic (exact) mass is 371 g/mol. The Morgan fingerprint density at radius 1 is 1.29 bits per heavy atom. The Morgan fingerprint density at radius 3 is 2.62 bits per heavy atom. The van der Waals surface area contributed by atoms with Crippen LogP contribution in [0, 0.1) is 6.92 Å². The zero-order valence-corrected chi connectivity index (χ0v) is 15.8. The fourth-order valence-corrected chi connectivity index (χ4v) is 5.37. The molecule has 24 heavy (non-hydrogen) atoms. The second-order valence-corrected chi connectivity index (χ2v) is 10.00. The Kier molecular flexibility index (Phi) is 4.54. The lowest BCUT2D eigenvalue weighted by Crippen LogP contribution is -2.42. The zero-order chi connectivity index (χ0) is 17.5. The zero-order valence-electron chi connectivity index (χ0n) is 14.1. The van der Waals surface area contributed by atoms with Crippen LogP contribution in [0.3, 0.4) is 0 Å². The van der Waals surface area contributed by atoms with Crippen LogP contribution >= 0.6 is 11.3 Å². The maximum absolute atomic E-state index is 12.9. The third-order valence-corrected chi connectivity index (χ3v) is 7.60. The molecule has 1 atom stereocenters. The van der Waals surface area contributed by atoms with Crippen LogP contribution in [0.2, 0.25) is 0 Å². The summed E-state index contributed by atoms with van der Waals surface area (Å²) in [6.45, 7) is 8.67. The van der Waals surface area contributed by atoms with E-state index in [0.29, 0.717) is 29.1 Å². The molecule has 0 bridgehead atoms. The number of aromatic nitrogens is 2. The summed E-state index contributed by atoms with van der Waals surface area (Å²) >= 11 is 1.32. The van der Waals surface area contributed by atoms with Crippen LogP contribution in [0.5, 0.6) is 0 Å². The SMILES string of the molecule is Cc1nnc([C@H]2CN(S(=O)(=O)c3ccc(C(C)(C)C)s3)CCO2)o1. The van der Waals surface area contributed by atoms with Gasteiger partial charge in [0.2, 0.25) is 11.8 Å². The highest BCUT2D eigenvalue weighted by Gasteiger charge is 2.35. The Morgan fingerprint density at radius 2 is 2.04 bits per heavy atom. The molecule has 0 amide bonds. The molecule has 1 aliphatic rings. The Hall–Kier alpha value is -1.29. The molecule has 1 fully saturated rings. The van der Waals surface area contributed by atoms with Gasteiger partial charge in [-0.05, 0) is 17.5 Å². The first-order chi connectivity index (χ1) is 11.2. The summed E-state index contributed by atoms with van der Waals surface area (Å²) in [5.74, 6) is 0.746. The predicted molar refractivity (Wildman–Crippen MR) is 89.5 cm³/mol. The lowest BCUT2D eigenvalue weighted by Gasteiger charge is -2.30. The third-order valence-electron chi connectivity index (χ3n) is 3.76. The second-order valence-electron chi connectivity index (χ2n) is 6.75.